The second-order valence-electron chi connectivity index (χ2n) is 3.45. The van der Waals surface area contributed by atoms with Crippen LogP contribution in [-0.4, -0.2) is 42.6 Å². The average Bonchev–Trinajstić information content (AvgIpc) is 2.70. The maximum atomic E-state index is 11.7. The molecule has 1 heterocycles. The summed E-state index contributed by atoms with van der Waals surface area (Å²) >= 11 is 12.3. The Morgan fingerprint density at radius 1 is 1.47 bits per heavy atom. The Balaban J connectivity index is 2.52. The van der Waals surface area contributed by atoms with Crippen molar-refractivity contribution in [3.8, 4) is 0 Å². The topological polar surface area (TPSA) is 77.5 Å². The van der Waals surface area contributed by atoms with Gasteiger partial charge in [-0.15, -0.1) is 0 Å². The van der Waals surface area contributed by atoms with E-state index in [2.05, 4.69) is 9.69 Å². The fourth-order valence-corrected chi connectivity index (χ4v) is 2.06. The van der Waals surface area contributed by atoms with Crippen molar-refractivity contribution in [1.82, 2.24) is 9.69 Å². The molecule has 19 heavy (non-hydrogen) atoms. The summed E-state index contributed by atoms with van der Waals surface area (Å²) in [5.74, 6) is -1.22. The SMILES string of the molecule is COCCNC(=O)[C@@H](C)OC(=O)c1nsc(Cl)c1Cl. The number of amides is 1. The second-order valence-corrected chi connectivity index (χ2v) is 5.20. The molecule has 1 aromatic rings. The van der Waals surface area contributed by atoms with Crippen LogP contribution in [0.1, 0.15) is 17.4 Å². The summed E-state index contributed by atoms with van der Waals surface area (Å²) in [7, 11) is 1.52. The van der Waals surface area contributed by atoms with Crippen molar-refractivity contribution in [1.29, 1.82) is 0 Å². The minimum atomic E-state index is -0.958. The number of esters is 1. The number of rotatable bonds is 6. The molecule has 0 radical (unpaired) electrons. The number of carbonyl (C=O) groups is 2. The molecule has 0 bridgehead atoms. The van der Waals surface area contributed by atoms with E-state index < -0.39 is 18.0 Å². The van der Waals surface area contributed by atoms with E-state index in [1.165, 1.54) is 14.0 Å². The first-order valence-electron chi connectivity index (χ1n) is 5.25. The Bertz CT molecular complexity index is 466. The second kappa shape index (κ2) is 7.64. The molecule has 1 aromatic heterocycles. The predicted octanol–water partition coefficient (Wildman–Crippen LogP) is 1.76. The van der Waals surface area contributed by atoms with Gasteiger partial charge < -0.3 is 14.8 Å². The summed E-state index contributed by atoms with van der Waals surface area (Å²) in [5.41, 5.74) is -0.0896. The highest BCUT2D eigenvalue weighted by molar-refractivity contribution is 7.11. The van der Waals surface area contributed by atoms with Crippen LogP contribution in [0, 0.1) is 0 Å². The van der Waals surface area contributed by atoms with Crippen LogP contribution in [0.5, 0.6) is 0 Å². The Morgan fingerprint density at radius 2 is 2.16 bits per heavy atom. The van der Waals surface area contributed by atoms with Gasteiger partial charge in [-0.25, -0.2) is 4.79 Å². The maximum Gasteiger partial charge on any atom is 0.360 e. The zero-order valence-corrected chi connectivity index (χ0v) is 12.6. The summed E-state index contributed by atoms with van der Waals surface area (Å²) in [4.78, 5) is 23.3. The van der Waals surface area contributed by atoms with E-state index in [4.69, 9.17) is 32.7 Å². The smallest absolute Gasteiger partial charge is 0.360 e. The Kier molecular flexibility index (Phi) is 6.50. The third-order valence-electron chi connectivity index (χ3n) is 2.05. The fourth-order valence-electron chi connectivity index (χ4n) is 1.08. The van der Waals surface area contributed by atoms with Crippen molar-refractivity contribution in [3.63, 3.8) is 0 Å². The van der Waals surface area contributed by atoms with Crippen LogP contribution >= 0.6 is 34.7 Å². The first-order valence-corrected chi connectivity index (χ1v) is 6.78. The number of carbonyl (C=O) groups excluding carboxylic acids is 2. The van der Waals surface area contributed by atoms with Crippen molar-refractivity contribution in [3.05, 3.63) is 15.1 Å². The molecule has 1 atom stereocenters. The lowest BCUT2D eigenvalue weighted by atomic mass is 10.3. The number of nitrogens with one attached hydrogen (secondary N) is 1. The lowest BCUT2D eigenvalue weighted by molar-refractivity contribution is -0.129. The van der Waals surface area contributed by atoms with E-state index in [9.17, 15) is 9.59 Å². The van der Waals surface area contributed by atoms with Crippen LogP contribution in [0.25, 0.3) is 0 Å². The monoisotopic (exact) mass is 326 g/mol. The van der Waals surface area contributed by atoms with Gasteiger partial charge in [0.1, 0.15) is 9.36 Å². The van der Waals surface area contributed by atoms with Gasteiger partial charge in [-0.2, -0.15) is 4.37 Å². The molecule has 1 rings (SSSR count). The minimum Gasteiger partial charge on any atom is -0.448 e. The third-order valence-corrected chi connectivity index (χ3v) is 3.66. The van der Waals surface area contributed by atoms with E-state index >= 15 is 0 Å². The summed E-state index contributed by atoms with van der Waals surface area (Å²) in [5, 5.41) is 2.57. The van der Waals surface area contributed by atoms with Gasteiger partial charge in [0.05, 0.1) is 6.61 Å². The van der Waals surface area contributed by atoms with Crippen LogP contribution in [-0.2, 0) is 14.3 Å². The molecule has 0 aliphatic heterocycles. The Morgan fingerprint density at radius 3 is 2.68 bits per heavy atom. The van der Waals surface area contributed by atoms with Gasteiger partial charge in [-0.05, 0) is 18.5 Å². The number of halogens is 2. The number of aromatic nitrogens is 1. The van der Waals surface area contributed by atoms with Gasteiger partial charge in [0, 0.05) is 13.7 Å². The van der Waals surface area contributed by atoms with Gasteiger partial charge in [0.15, 0.2) is 11.8 Å². The number of methoxy groups -OCH3 is 1. The largest absolute Gasteiger partial charge is 0.448 e. The molecule has 6 nitrogen and oxygen atoms in total. The lowest BCUT2D eigenvalue weighted by Crippen LogP contribution is -2.37. The highest BCUT2D eigenvalue weighted by Gasteiger charge is 2.23. The molecular weight excluding hydrogens is 315 g/mol. The molecule has 0 saturated carbocycles. The van der Waals surface area contributed by atoms with Crippen LogP contribution in [0.2, 0.25) is 9.36 Å². The Labute approximate surface area is 124 Å². The molecule has 0 unspecified atom stereocenters. The normalized spacial score (nSPS) is 12.0. The van der Waals surface area contributed by atoms with Crippen molar-refractivity contribution in [2.45, 2.75) is 13.0 Å². The molecule has 1 amide bonds. The quantitative estimate of drug-likeness (QED) is 0.636. The van der Waals surface area contributed by atoms with Crippen molar-refractivity contribution >= 4 is 46.6 Å². The average molecular weight is 327 g/mol. The van der Waals surface area contributed by atoms with E-state index in [0.717, 1.165) is 11.5 Å². The van der Waals surface area contributed by atoms with Gasteiger partial charge in [0.25, 0.3) is 5.91 Å². The van der Waals surface area contributed by atoms with E-state index in [-0.39, 0.29) is 15.1 Å². The van der Waals surface area contributed by atoms with Gasteiger partial charge in [0.2, 0.25) is 0 Å². The van der Waals surface area contributed by atoms with Gasteiger partial charge >= 0.3 is 5.97 Å². The Hall–Kier alpha value is -0.890. The van der Waals surface area contributed by atoms with Crippen LogP contribution in [0.4, 0.5) is 0 Å². The molecule has 0 spiro atoms. The van der Waals surface area contributed by atoms with Crippen molar-refractivity contribution < 1.29 is 19.1 Å². The molecule has 0 aliphatic carbocycles. The molecule has 106 valence electrons. The summed E-state index contributed by atoms with van der Waals surface area (Å²) in [6, 6.07) is 0. The van der Waals surface area contributed by atoms with E-state index in [1.54, 1.807) is 0 Å². The zero-order chi connectivity index (χ0) is 14.4. The maximum absolute atomic E-state index is 11.7. The minimum absolute atomic E-state index is 0.0312. The van der Waals surface area contributed by atoms with Crippen molar-refractivity contribution in [2.24, 2.45) is 0 Å². The highest BCUT2D eigenvalue weighted by Crippen LogP contribution is 2.29. The van der Waals surface area contributed by atoms with Crippen LogP contribution in [0.3, 0.4) is 0 Å². The van der Waals surface area contributed by atoms with Crippen LogP contribution in [0.15, 0.2) is 0 Å². The first-order chi connectivity index (χ1) is 8.97. The van der Waals surface area contributed by atoms with Crippen LogP contribution < -0.4 is 5.32 Å². The number of nitrogens with zero attached hydrogens (tertiary/aromatic N) is 1. The number of ether oxygens (including phenoxy) is 2. The fraction of sp³-hybridized carbons (Fsp3) is 0.500. The van der Waals surface area contributed by atoms with E-state index in [0.29, 0.717) is 13.2 Å². The van der Waals surface area contributed by atoms with Gasteiger partial charge in [-0.3, -0.25) is 4.79 Å². The standard InChI is InChI=1S/C10H12Cl2N2O4S/c1-5(9(15)13-3-4-17-2)18-10(16)7-6(11)8(12)19-14-7/h5H,3-4H2,1-2H3,(H,13,15)/t5-/m1/s1. The predicted molar refractivity (Wildman–Crippen MR) is 71.9 cm³/mol. The summed E-state index contributed by atoms with van der Waals surface area (Å²) < 4.78 is 13.7. The third kappa shape index (κ3) is 4.61. The first kappa shape index (κ1) is 16.2. The molecule has 0 fully saturated rings. The zero-order valence-electron chi connectivity index (χ0n) is 10.2. The molecule has 9 heteroatoms. The lowest BCUT2D eigenvalue weighted by Gasteiger charge is -2.12. The molecular formula is C10H12Cl2N2O4S. The molecule has 0 aliphatic rings. The van der Waals surface area contributed by atoms with Gasteiger partial charge in [-0.1, -0.05) is 23.2 Å². The number of hydrogen-bond donors (Lipinski definition) is 1. The summed E-state index contributed by atoms with van der Waals surface area (Å²) in [6.45, 7) is 2.16. The molecule has 0 aromatic carbocycles. The van der Waals surface area contributed by atoms with Crippen molar-refractivity contribution in [2.75, 3.05) is 20.3 Å². The summed E-state index contributed by atoms with van der Waals surface area (Å²) in [6.07, 6.45) is -0.958. The highest BCUT2D eigenvalue weighted by atomic mass is 35.5. The molecule has 1 N–H and O–H groups in total. The molecule has 0 saturated heterocycles. The van der Waals surface area contributed by atoms with E-state index in [1.807, 2.05) is 0 Å². The number of hydrogen-bond acceptors (Lipinski definition) is 6.